The lowest BCUT2D eigenvalue weighted by molar-refractivity contribution is 0.0967. The molecule has 1 amide bonds. The minimum absolute atomic E-state index is 0.0643. The smallest absolute Gasteiger partial charge is 0.257 e. The van der Waals surface area contributed by atoms with Crippen molar-refractivity contribution in [1.29, 1.82) is 0 Å². The van der Waals surface area contributed by atoms with Crippen LogP contribution in [-0.4, -0.2) is 40.0 Å². The molecule has 6 heteroatoms. The van der Waals surface area contributed by atoms with Gasteiger partial charge in [0.05, 0.1) is 18.8 Å². The fourth-order valence-corrected chi connectivity index (χ4v) is 1.54. The van der Waals surface area contributed by atoms with Gasteiger partial charge >= 0.3 is 0 Å². The number of rotatable bonds is 4. The molecule has 0 saturated carbocycles. The van der Waals surface area contributed by atoms with Crippen LogP contribution in [-0.2, 0) is 0 Å². The average molecular weight is 268 g/mol. The second-order valence-electron chi connectivity index (χ2n) is 4.15. The number of hydrogen-bond donors (Lipinski definition) is 4. The van der Waals surface area contributed by atoms with Crippen molar-refractivity contribution in [1.82, 2.24) is 10.6 Å². The summed E-state index contributed by atoms with van der Waals surface area (Å²) in [6.45, 7) is 0.990. The van der Waals surface area contributed by atoms with Crippen LogP contribution in [0.25, 0.3) is 0 Å². The number of carbonyl (C=O) groups is 1. The molecule has 0 aliphatic heterocycles. The summed E-state index contributed by atoms with van der Waals surface area (Å²) in [5.74, 6) is -0.341. The number of aliphatic hydroxyl groups is 2. The van der Waals surface area contributed by atoms with Crippen LogP contribution in [0, 0.1) is 0 Å². The number of nitrogens with one attached hydrogen (secondary N) is 2. The summed E-state index contributed by atoms with van der Waals surface area (Å²) in [6.07, 6.45) is 0. The Morgan fingerprint density at radius 2 is 1.83 bits per heavy atom. The van der Waals surface area contributed by atoms with Gasteiger partial charge in [-0.25, -0.2) is 0 Å². The van der Waals surface area contributed by atoms with E-state index >= 15 is 0 Å². The highest BCUT2D eigenvalue weighted by Gasteiger charge is 2.23. The van der Waals surface area contributed by atoms with Gasteiger partial charge in [0, 0.05) is 5.56 Å². The maximum absolute atomic E-state index is 11.8. The molecule has 0 atom stereocenters. The Morgan fingerprint density at radius 3 is 2.33 bits per heavy atom. The van der Waals surface area contributed by atoms with Gasteiger partial charge in [-0.3, -0.25) is 10.1 Å². The maximum atomic E-state index is 11.8. The SMILES string of the molecule is CC(CO)(CO)NC(=S)NC(=O)c1ccccc1. The minimum atomic E-state index is -0.957. The van der Waals surface area contributed by atoms with Crippen LogP contribution in [0.4, 0.5) is 0 Å². The molecule has 0 bridgehead atoms. The third kappa shape index (κ3) is 4.06. The number of hydrogen-bond acceptors (Lipinski definition) is 4. The van der Waals surface area contributed by atoms with E-state index in [4.69, 9.17) is 22.4 Å². The van der Waals surface area contributed by atoms with Crippen LogP contribution < -0.4 is 10.6 Å². The van der Waals surface area contributed by atoms with E-state index in [9.17, 15) is 4.79 Å². The van der Waals surface area contributed by atoms with Gasteiger partial charge in [-0.2, -0.15) is 0 Å². The molecule has 0 radical (unpaired) electrons. The minimum Gasteiger partial charge on any atom is -0.394 e. The van der Waals surface area contributed by atoms with E-state index in [-0.39, 0.29) is 24.2 Å². The molecule has 0 heterocycles. The largest absolute Gasteiger partial charge is 0.394 e. The molecule has 0 saturated heterocycles. The molecule has 1 rings (SSSR count). The van der Waals surface area contributed by atoms with E-state index in [0.717, 1.165) is 0 Å². The van der Waals surface area contributed by atoms with E-state index in [1.165, 1.54) is 0 Å². The molecule has 0 aliphatic carbocycles. The van der Waals surface area contributed by atoms with Crippen molar-refractivity contribution in [3.8, 4) is 0 Å². The van der Waals surface area contributed by atoms with Crippen LogP contribution in [0.1, 0.15) is 17.3 Å². The van der Waals surface area contributed by atoms with Gasteiger partial charge in [-0.1, -0.05) is 18.2 Å². The van der Waals surface area contributed by atoms with E-state index in [1.807, 2.05) is 6.07 Å². The zero-order valence-corrected chi connectivity index (χ0v) is 10.8. The first-order valence-corrected chi connectivity index (χ1v) is 5.82. The second-order valence-corrected chi connectivity index (χ2v) is 4.56. The Morgan fingerprint density at radius 1 is 1.28 bits per heavy atom. The molecule has 1 aromatic carbocycles. The van der Waals surface area contributed by atoms with E-state index in [1.54, 1.807) is 31.2 Å². The standard InChI is InChI=1S/C12H16N2O3S/c1-12(7-15,8-16)14-11(18)13-10(17)9-5-3-2-4-6-9/h2-6,15-16H,7-8H2,1H3,(H2,13,14,17,18). The molecule has 0 aromatic heterocycles. The number of aliphatic hydroxyl groups excluding tert-OH is 2. The quantitative estimate of drug-likeness (QED) is 0.580. The highest BCUT2D eigenvalue weighted by Crippen LogP contribution is 2.01. The molecule has 0 unspecified atom stereocenters. The first kappa shape index (κ1) is 14.6. The van der Waals surface area contributed by atoms with Gasteiger partial charge < -0.3 is 15.5 Å². The molecule has 4 N–H and O–H groups in total. The van der Waals surface area contributed by atoms with Crippen LogP contribution in [0.3, 0.4) is 0 Å². The summed E-state index contributed by atoms with van der Waals surface area (Å²) in [4.78, 5) is 11.8. The third-order valence-corrected chi connectivity index (χ3v) is 2.58. The normalized spacial score (nSPS) is 10.8. The van der Waals surface area contributed by atoms with Crippen LogP contribution in [0.5, 0.6) is 0 Å². The molecule has 1 aromatic rings. The Kier molecular flexibility index (Phi) is 5.21. The van der Waals surface area contributed by atoms with Crippen molar-refractivity contribution in [2.45, 2.75) is 12.5 Å². The predicted molar refractivity (Wildman–Crippen MR) is 72.2 cm³/mol. The van der Waals surface area contributed by atoms with Crippen molar-refractivity contribution < 1.29 is 15.0 Å². The van der Waals surface area contributed by atoms with Gasteiger partial charge in [0.25, 0.3) is 5.91 Å². The van der Waals surface area contributed by atoms with Crippen LogP contribution >= 0.6 is 12.2 Å². The molecule has 18 heavy (non-hydrogen) atoms. The van der Waals surface area contributed by atoms with Crippen molar-refractivity contribution in [2.24, 2.45) is 0 Å². The first-order chi connectivity index (χ1) is 8.50. The summed E-state index contributed by atoms with van der Waals surface area (Å²) in [6, 6.07) is 8.63. The summed E-state index contributed by atoms with van der Waals surface area (Å²) in [5.41, 5.74) is -0.475. The Hall–Kier alpha value is -1.50. The van der Waals surface area contributed by atoms with Crippen LogP contribution in [0.15, 0.2) is 30.3 Å². The molecular weight excluding hydrogens is 252 g/mol. The van der Waals surface area contributed by atoms with Crippen LogP contribution in [0.2, 0.25) is 0 Å². The molecule has 0 fully saturated rings. The first-order valence-electron chi connectivity index (χ1n) is 5.41. The average Bonchev–Trinajstić information content (AvgIpc) is 2.39. The number of benzene rings is 1. The maximum Gasteiger partial charge on any atom is 0.257 e. The van der Waals surface area contributed by atoms with Crippen molar-refractivity contribution >= 4 is 23.2 Å². The number of amides is 1. The zero-order valence-electron chi connectivity index (χ0n) is 10.0. The fourth-order valence-electron chi connectivity index (χ4n) is 1.20. The zero-order chi connectivity index (χ0) is 13.6. The van der Waals surface area contributed by atoms with Crippen molar-refractivity contribution in [2.75, 3.05) is 13.2 Å². The Bertz CT molecular complexity index is 419. The summed E-state index contributed by atoms with van der Waals surface area (Å²) >= 11 is 4.95. The van der Waals surface area contributed by atoms with Crippen molar-refractivity contribution in [3.63, 3.8) is 0 Å². The Labute approximate surface area is 111 Å². The van der Waals surface area contributed by atoms with E-state index in [2.05, 4.69) is 10.6 Å². The lowest BCUT2D eigenvalue weighted by atomic mass is 10.1. The molecule has 0 spiro atoms. The number of thiocarbonyl (C=S) groups is 1. The van der Waals surface area contributed by atoms with Gasteiger partial charge in [0.15, 0.2) is 5.11 Å². The molecular formula is C12H16N2O3S. The van der Waals surface area contributed by atoms with Crippen molar-refractivity contribution in [3.05, 3.63) is 35.9 Å². The van der Waals surface area contributed by atoms with Gasteiger partial charge in [0.2, 0.25) is 0 Å². The molecule has 5 nitrogen and oxygen atoms in total. The third-order valence-electron chi connectivity index (χ3n) is 2.38. The van der Waals surface area contributed by atoms with Gasteiger partial charge in [-0.15, -0.1) is 0 Å². The predicted octanol–water partition coefficient (Wildman–Crippen LogP) is 0.0342. The summed E-state index contributed by atoms with van der Waals surface area (Å²) in [7, 11) is 0. The lowest BCUT2D eigenvalue weighted by Gasteiger charge is -2.27. The second kappa shape index (κ2) is 6.44. The number of carbonyl (C=O) groups excluding carboxylic acids is 1. The van der Waals surface area contributed by atoms with Gasteiger partial charge in [0.1, 0.15) is 0 Å². The highest BCUT2D eigenvalue weighted by atomic mass is 32.1. The lowest BCUT2D eigenvalue weighted by Crippen LogP contribution is -2.55. The van der Waals surface area contributed by atoms with E-state index in [0.29, 0.717) is 5.56 Å². The Balaban J connectivity index is 2.58. The highest BCUT2D eigenvalue weighted by molar-refractivity contribution is 7.80. The van der Waals surface area contributed by atoms with E-state index < -0.39 is 5.54 Å². The van der Waals surface area contributed by atoms with Gasteiger partial charge in [-0.05, 0) is 31.3 Å². The topological polar surface area (TPSA) is 81.6 Å². The molecule has 98 valence electrons. The monoisotopic (exact) mass is 268 g/mol. The summed E-state index contributed by atoms with van der Waals surface area (Å²) < 4.78 is 0. The summed E-state index contributed by atoms with van der Waals surface area (Å²) in [5, 5.41) is 23.4. The molecule has 0 aliphatic rings. The fraction of sp³-hybridized carbons (Fsp3) is 0.333.